The number of esters is 1. The molecular formula is C32H49N3O7. The number of nitrogens with one attached hydrogen (secondary N) is 2. The first-order chi connectivity index (χ1) is 19.7. The number of rotatable bonds is 9. The van der Waals surface area contributed by atoms with Gasteiger partial charge in [-0.05, 0) is 75.8 Å². The van der Waals surface area contributed by atoms with Crippen molar-refractivity contribution in [1.29, 1.82) is 0 Å². The van der Waals surface area contributed by atoms with Crippen LogP contribution in [-0.2, 0) is 41.5 Å². The fraction of sp³-hybridized carbons (Fsp3) is 0.656. The zero-order chi connectivity index (χ0) is 31.6. The third-order valence-electron chi connectivity index (χ3n) is 7.06. The normalized spacial score (nSPS) is 17.8. The highest BCUT2D eigenvalue weighted by molar-refractivity contribution is 6.36. The molecule has 3 atom stereocenters. The first-order valence-electron chi connectivity index (χ1n) is 15.0. The summed E-state index contributed by atoms with van der Waals surface area (Å²) in [4.78, 5) is 66.1. The molecule has 1 saturated heterocycles. The van der Waals surface area contributed by atoms with Crippen molar-refractivity contribution in [2.45, 2.75) is 111 Å². The first kappa shape index (κ1) is 34.8. The number of nitrogens with zero attached hydrogens (tertiary/aromatic N) is 1. The van der Waals surface area contributed by atoms with Gasteiger partial charge in [0.15, 0.2) is 0 Å². The quantitative estimate of drug-likeness (QED) is 0.330. The van der Waals surface area contributed by atoms with Crippen LogP contribution in [0.25, 0.3) is 0 Å². The van der Waals surface area contributed by atoms with Gasteiger partial charge in [0.1, 0.15) is 17.7 Å². The fourth-order valence-electron chi connectivity index (χ4n) is 5.34. The van der Waals surface area contributed by atoms with Gasteiger partial charge in [-0.1, -0.05) is 58.4 Å². The number of ketones is 1. The van der Waals surface area contributed by atoms with Gasteiger partial charge in [0.25, 0.3) is 5.78 Å². The number of carbonyl (C=O) groups excluding carboxylic acids is 5. The molecule has 0 bridgehead atoms. The number of benzene rings is 1. The van der Waals surface area contributed by atoms with Crippen LogP contribution in [0, 0.1) is 11.8 Å². The molecular weight excluding hydrogens is 538 g/mol. The molecule has 3 amide bonds. The molecule has 10 nitrogen and oxygen atoms in total. The predicted molar refractivity (Wildman–Crippen MR) is 160 cm³/mol. The minimum absolute atomic E-state index is 0.0247. The van der Waals surface area contributed by atoms with Gasteiger partial charge in [-0.25, -0.2) is 9.59 Å². The highest BCUT2D eigenvalue weighted by atomic mass is 16.6. The lowest BCUT2D eigenvalue weighted by atomic mass is 9.94. The van der Waals surface area contributed by atoms with E-state index in [0.29, 0.717) is 32.2 Å². The molecule has 1 fully saturated rings. The topological polar surface area (TPSA) is 131 Å². The van der Waals surface area contributed by atoms with Crippen molar-refractivity contribution in [3.05, 3.63) is 35.4 Å². The standard InChI is InChI=1S/C29H41N3O7.C3H8/c1-17(2)14-21(24(33)27(36)38-6)30-25(34)22-12-9-13-32(22)26(35)23(31-28(37)39-29(3,4)5)20-15-18-10-7-8-11-19(18)16-20;1-3-2/h7-8,10-11,17,20-23H,9,12-16H2,1-6H3,(H,30,34)(H,31,37);3H2,1-2H3/t21?,22-,23-;/m0./s1. The number of fused-ring (bicyclic) bond motifs is 1. The van der Waals surface area contributed by atoms with Crippen molar-refractivity contribution in [2.24, 2.45) is 11.8 Å². The summed E-state index contributed by atoms with van der Waals surface area (Å²) < 4.78 is 10.0. The second-order valence-corrected chi connectivity index (χ2v) is 12.5. The van der Waals surface area contributed by atoms with Crippen molar-refractivity contribution in [1.82, 2.24) is 15.5 Å². The van der Waals surface area contributed by atoms with Crippen molar-refractivity contribution in [3.8, 4) is 0 Å². The Labute approximate surface area is 250 Å². The molecule has 1 aliphatic carbocycles. The molecule has 42 heavy (non-hydrogen) atoms. The molecule has 1 heterocycles. The lowest BCUT2D eigenvalue weighted by Crippen LogP contribution is -2.58. The highest BCUT2D eigenvalue weighted by Crippen LogP contribution is 2.31. The van der Waals surface area contributed by atoms with E-state index in [1.165, 1.54) is 11.3 Å². The van der Waals surface area contributed by atoms with Crippen LogP contribution >= 0.6 is 0 Å². The van der Waals surface area contributed by atoms with Crippen LogP contribution in [0.15, 0.2) is 24.3 Å². The number of hydrogen-bond acceptors (Lipinski definition) is 7. The molecule has 1 aliphatic heterocycles. The number of methoxy groups -OCH3 is 1. The van der Waals surface area contributed by atoms with E-state index in [1.807, 2.05) is 38.1 Å². The minimum Gasteiger partial charge on any atom is -0.463 e. The number of amides is 3. The molecule has 0 saturated carbocycles. The smallest absolute Gasteiger partial charge is 0.408 e. The summed E-state index contributed by atoms with van der Waals surface area (Å²) in [6.45, 7) is 13.6. The van der Waals surface area contributed by atoms with E-state index in [4.69, 9.17) is 4.74 Å². The van der Waals surface area contributed by atoms with Gasteiger partial charge in [0.05, 0.1) is 13.2 Å². The number of alkyl carbamates (subject to hydrolysis) is 1. The number of Topliss-reactive ketones (excluding diaryl/α,β-unsaturated/α-hetero) is 1. The van der Waals surface area contributed by atoms with E-state index >= 15 is 0 Å². The van der Waals surface area contributed by atoms with Gasteiger partial charge < -0.3 is 25.0 Å². The van der Waals surface area contributed by atoms with E-state index < -0.39 is 47.5 Å². The zero-order valence-corrected chi connectivity index (χ0v) is 26.5. The zero-order valence-electron chi connectivity index (χ0n) is 26.5. The number of hydrogen-bond donors (Lipinski definition) is 2. The summed E-state index contributed by atoms with van der Waals surface area (Å²) in [7, 11) is 1.12. The van der Waals surface area contributed by atoms with E-state index in [9.17, 15) is 24.0 Å². The second-order valence-electron chi connectivity index (χ2n) is 12.5. The van der Waals surface area contributed by atoms with E-state index in [1.54, 1.807) is 20.8 Å². The third-order valence-corrected chi connectivity index (χ3v) is 7.06. The Morgan fingerprint density at radius 3 is 2.07 bits per heavy atom. The predicted octanol–water partition coefficient (Wildman–Crippen LogP) is 3.98. The van der Waals surface area contributed by atoms with Gasteiger partial charge in [-0.3, -0.25) is 14.4 Å². The summed E-state index contributed by atoms with van der Waals surface area (Å²) in [6, 6.07) is 5.15. The van der Waals surface area contributed by atoms with Gasteiger partial charge in [-0.15, -0.1) is 0 Å². The van der Waals surface area contributed by atoms with Crippen LogP contribution in [0.5, 0.6) is 0 Å². The van der Waals surface area contributed by atoms with Crippen LogP contribution in [0.2, 0.25) is 0 Å². The van der Waals surface area contributed by atoms with Crippen LogP contribution in [0.1, 0.15) is 85.3 Å². The maximum Gasteiger partial charge on any atom is 0.408 e. The lowest BCUT2D eigenvalue weighted by Gasteiger charge is -2.32. The van der Waals surface area contributed by atoms with Gasteiger partial charge in [0.2, 0.25) is 11.8 Å². The summed E-state index contributed by atoms with van der Waals surface area (Å²) in [5.74, 6) is -2.91. The molecule has 10 heteroatoms. The average molecular weight is 588 g/mol. The van der Waals surface area contributed by atoms with Crippen molar-refractivity contribution in [3.63, 3.8) is 0 Å². The Morgan fingerprint density at radius 1 is 1.00 bits per heavy atom. The van der Waals surface area contributed by atoms with E-state index in [-0.39, 0.29) is 24.2 Å². The fourth-order valence-corrected chi connectivity index (χ4v) is 5.34. The molecule has 1 aromatic rings. The Bertz CT molecular complexity index is 1090. The number of likely N-dealkylation sites (tertiary alicyclic amines) is 1. The Hall–Kier alpha value is -3.43. The molecule has 3 rings (SSSR count). The van der Waals surface area contributed by atoms with E-state index in [2.05, 4.69) is 29.2 Å². The summed E-state index contributed by atoms with van der Waals surface area (Å²) in [5.41, 5.74) is 1.50. The van der Waals surface area contributed by atoms with Crippen LogP contribution in [-0.4, -0.2) is 71.9 Å². The highest BCUT2D eigenvalue weighted by Gasteiger charge is 2.43. The number of ether oxygens (including phenoxy) is 2. The molecule has 0 spiro atoms. The monoisotopic (exact) mass is 587 g/mol. The molecule has 234 valence electrons. The van der Waals surface area contributed by atoms with Gasteiger partial charge in [-0.2, -0.15) is 0 Å². The summed E-state index contributed by atoms with van der Waals surface area (Å²) in [5, 5.41) is 5.48. The van der Waals surface area contributed by atoms with Crippen LogP contribution in [0.4, 0.5) is 4.79 Å². The lowest BCUT2D eigenvalue weighted by molar-refractivity contribution is -0.153. The molecule has 2 N–H and O–H groups in total. The molecule has 2 aliphatic rings. The van der Waals surface area contributed by atoms with Gasteiger partial charge in [0, 0.05) is 6.54 Å². The van der Waals surface area contributed by atoms with Crippen molar-refractivity contribution < 1.29 is 33.4 Å². The number of carbonyl (C=O) groups is 5. The summed E-state index contributed by atoms with van der Waals surface area (Å²) in [6.07, 6.45) is 3.02. The summed E-state index contributed by atoms with van der Waals surface area (Å²) >= 11 is 0. The Balaban J connectivity index is 0.00000197. The van der Waals surface area contributed by atoms with E-state index in [0.717, 1.165) is 18.2 Å². The third kappa shape index (κ3) is 9.84. The van der Waals surface area contributed by atoms with Gasteiger partial charge >= 0.3 is 12.1 Å². The largest absolute Gasteiger partial charge is 0.463 e. The Morgan fingerprint density at radius 2 is 1.57 bits per heavy atom. The molecule has 0 aromatic heterocycles. The first-order valence-corrected chi connectivity index (χ1v) is 15.0. The van der Waals surface area contributed by atoms with Crippen molar-refractivity contribution in [2.75, 3.05) is 13.7 Å². The maximum atomic E-state index is 14.0. The molecule has 1 unspecified atom stereocenters. The average Bonchev–Trinajstić information content (AvgIpc) is 3.57. The second kappa shape index (κ2) is 15.7. The Kier molecular flexibility index (Phi) is 13.0. The van der Waals surface area contributed by atoms with Crippen LogP contribution < -0.4 is 10.6 Å². The maximum absolute atomic E-state index is 14.0. The minimum atomic E-state index is -1.05. The van der Waals surface area contributed by atoms with Crippen LogP contribution in [0.3, 0.4) is 0 Å². The van der Waals surface area contributed by atoms with Crippen molar-refractivity contribution >= 4 is 29.7 Å². The molecule has 0 radical (unpaired) electrons. The SMILES string of the molecule is CCC.COC(=O)C(=O)C(CC(C)C)NC(=O)[C@@H]1CCCN1C(=O)[C@@H](NC(=O)OC(C)(C)C)C1Cc2ccccc2C1. The molecule has 1 aromatic carbocycles.